The van der Waals surface area contributed by atoms with Crippen LogP contribution in [0.15, 0.2) is 0 Å². The lowest BCUT2D eigenvalue weighted by molar-refractivity contribution is 0.227. The van der Waals surface area contributed by atoms with Crippen LogP contribution in [-0.2, 0) is 0 Å². The number of nitrogens with zero attached hydrogens (tertiary/aromatic N) is 1. The first-order valence-corrected chi connectivity index (χ1v) is 6.83. The average Bonchev–Trinajstić information content (AvgIpc) is 2.65. The third-order valence-corrected chi connectivity index (χ3v) is 4.10. The summed E-state index contributed by atoms with van der Waals surface area (Å²) in [4.78, 5) is 2.65. The third-order valence-electron chi connectivity index (χ3n) is 4.10. The molecule has 0 aromatic heterocycles. The van der Waals surface area contributed by atoms with Crippen LogP contribution in [0.25, 0.3) is 0 Å². The zero-order chi connectivity index (χ0) is 12.2. The van der Waals surface area contributed by atoms with E-state index in [-0.39, 0.29) is 0 Å². The van der Waals surface area contributed by atoms with E-state index in [9.17, 15) is 0 Å². The molecular weight excluding hydrogens is 196 g/mol. The van der Waals surface area contributed by atoms with Crippen LogP contribution in [0.5, 0.6) is 0 Å². The normalized spacial score (nSPS) is 24.9. The summed E-state index contributed by atoms with van der Waals surface area (Å²) in [6.45, 7) is 13.3. The largest absolute Gasteiger partial charge is 0.317 e. The standard InChI is InChI=1S/C14H30N2/c1-12(15-5)7-6-9-16-10-8-13(11-16)14(2,3)4/h12-13,15H,6-11H2,1-5H3. The lowest BCUT2D eigenvalue weighted by atomic mass is 9.80. The van der Waals surface area contributed by atoms with Crippen molar-refractivity contribution in [3.05, 3.63) is 0 Å². The Bertz CT molecular complexity index is 195. The molecule has 0 saturated carbocycles. The van der Waals surface area contributed by atoms with Gasteiger partial charge in [0.05, 0.1) is 0 Å². The van der Waals surface area contributed by atoms with Crippen LogP contribution < -0.4 is 5.32 Å². The van der Waals surface area contributed by atoms with Crippen LogP contribution in [0.2, 0.25) is 0 Å². The number of hydrogen-bond acceptors (Lipinski definition) is 2. The van der Waals surface area contributed by atoms with E-state index in [0.29, 0.717) is 11.5 Å². The molecular formula is C14H30N2. The number of rotatable bonds is 5. The molecule has 2 unspecified atom stereocenters. The van der Waals surface area contributed by atoms with Gasteiger partial charge >= 0.3 is 0 Å². The molecule has 0 spiro atoms. The van der Waals surface area contributed by atoms with Gasteiger partial charge in [-0.25, -0.2) is 0 Å². The highest BCUT2D eigenvalue weighted by Crippen LogP contribution is 2.33. The van der Waals surface area contributed by atoms with Crippen LogP contribution >= 0.6 is 0 Å². The molecule has 16 heavy (non-hydrogen) atoms. The second kappa shape index (κ2) is 6.02. The highest BCUT2D eigenvalue weighted by molar-refractivity contribution is 4.83. The SMILES string of the molecule is CNC(C)CCCN1CCC(C(C)(C)C)C1. The van der Waals surface area contributed by atoms with Crippen LogP contribution in [0.1, 0.15) is 47.0 Å². The zero-order valence-corrected chi connectivity index (χ0v) is 11.8. The summed E-state index contributed by atoms with van der Waals surface area (Å²) < 4.78 is 0. The first kappa shape index (κ1) is 14.0. The number of likely N-dealkylation sites (tertiary alicyclic amines) is 1. The maximum absolute atomic E-state index is 3.30. The number of hydrogen-bond donors (Lipinski definition) is 1. The molecule has 1 aliphatic heterocycles. The van der Waals surface area contributed by atoms with E-state index in [1.807, 2.05) is 0 Å². The molecule has 0 aromatic carbocycles. The predicted octanol–water partition coefficient (Wildman–Crippen LogP) is 2.74. The van der Waals surface area contributed by atoms with Crippen LogP contribution in [0.4, 0.5) is 0 Å². The Hall–Kier alpha value is -0.0800. The molecule has 96 valence electrons. The molecule has 0 amide bonds. The summed E-state index contributed by atoms with van der Waals surface area (Å²) in [6.07, 6.45) is 4.02. The second-order valence-corrected chi connectivity index (χ2v) is 6.48. The summed E-state index contributed by atoms with van der Waals surface area (Å²) in [7, 11) is 2.05. The van der Waals surface area contributed by atoms with E-state index in [2.05, 4.69) is 45.0 Å². The Balaban J connectivity index is 2.17. The summed E-state index contributed by atoms with van der Waals surface area (Å²) in [5.41, 5.74) is 0.493. The fourth-order valence-electron chi connectivity index (χ4n) is 2.51. The minimum Gasteiger partial charge on any atom is -0.317 e. The van der Waals surface area contributed by atoms with Crippen molar-refractivity contribution in [3.8, 4) is 0 Å². The molecule has 1 aliphatic rings. The summed E-state index contributed by atoms with van der Waals surface area (Å²) in [6, 6.07) is 0.668. The van der Waals surface area contributed by atoms with Crippen molar-refractivity contribution in [3.63, 3.8) is 0 Å². The van der Waals surface area contributed by atoms with Crippen molar-refractivity contribution in [1.29, 1.82) is 0 Å². The minimum atomic E-state index is 0.493. The van der Waals surface area contributed by atoms with Crippen molar-refractivity contribution in [2.75, 3.05) is 26.7 Å². The molecule has 0 aliphatic carbocycles. The van der Waals surface area contributed by atoms with Gasteiger partial charge in [-0.3, -0.25) is 0 Å². The quantitative estimate of drug-likeness (QED) is 0.775. The van der Waals surface area contributed by atoms with E-state index in [4.69, 9.17) is 0 Å². The molecule has 1 fully saturated rings. The first-order chi connectivity index (χ1) is 7.43. The van der Waals surface area contributed by atoms with Gasteiger partial charge in [0, 0.05) is 12.6 Å². The Labute approximate surface area is 102 Å². The monoisotopic (exact) mass is 226 g/mol. The van der Waals surface area contributed by atoms with Gasteiger partial charge in [0.2, 0.25) is 0 Å². The Morgan fingerprint density at radius 3 is 2.56 bits per heavy atom. The zero-order valence-electron chi connectivity index (χ0n) is 11.8. The molecule has 1 saturated heterocycles. The summed E-state index contributed by atoms with van der Waals surface area (Å²) in [5.74, 6) is 0.897. The van der Waals surface area contributed by atoms with Gasteiger partial charge in [0.1, 0.15) is 0 Å². The fraction of sp³-hybridized carbons (Fsp3) is 1.00. The van der Waals surface area contributed by atoms with E-state index in [1.54, 1.807) is 0 Å². The molecule has 1 rings (SSSR count). The third kappa shape index (κ3) is 4.42. The highest BCUT2D eigenvalue weighted by atomic mass is 15.1. The minimum absolute atomic E-state index is 0.493. The Kier molecular flexibility index (Phi) is 5.26. The molecule has 1 heterocycles. The van der Waals surface area contributed by atoms with Gasteiger partial charge in [-0.15, -0.1) is 0 Å². The van der Waals surface area contributed by atoms with Crippen molar-refractivity contribution in [2.24, 2.45) is 11.3 Å². The van der Waals surface area contributed by atoms with Crippen LogP contribution in [0.3, 0.4) is 0 Å². The lowest BCUT2D eigenvalue weighted by Crippen LogP contribution is -2.28. The molecule has 2 heteroatoms. The second-order valence-electron chi connectivity index (χ2n) is 6.48. The van der Waals surface area contributed by atoms with Crippen molar-refractivity contribution >= 4 is 0 Å². The van der Waals surface area contributed by atoms with Crippen molar-refractivity contribution in [2.45, 2.75) is 53.0 Å². The molecule has 0 aromatic rings. The molecule has 2 nitrogen and oxygen atoms in total. The van der Waals surface area contributed by atoms with Gasteiger partial charge in [-0.1, -0.05) is 20.8 Å². The number of nitrogens with one attached hydrogen (secondary N) is 1. The lowest BCUT2D eigenvalue weighted by Gasteiger charge is -2.27. The van der Waals surface area contributed by atoms with Gasteiger partial charge in [0.15, 0.2) is 0 Å². The van der Waals surface area contributed by atoms with Crippen LogP contribution in [0, 0.1) is 11.3 Å². The van der Waals surface area contributed by atoms with Gasteiger partial charge < -0.3 is 10.2 Å². The topological polar surface area (TPSA) is 15.3 Å². The maximum atomic E-state index is 3.30. The van der Waals surface area contributed by atoms with Gasteiger partial charge in [-0.2, -0.15) is 0 Å². The fourth-order valence-corrected chi connectivity index (χ4v) is 2.51. The summed E-state index contributed by atoms with van der Waals surface area (Å²) in [5, 5.41) is 3.30. The van der Waals surface area contributed by atoms with Crippen molar-refractivity contribution in [1.82, 2.24) is 10.2 Å². The average molecular weight is 226 g/mol. The maximum Gasteiger partial charge on any atom is 0.00362 e. The molecule has 2 atom stereocenters. The van der Waals surface area contributed by atoms with E-state index < -0.39 is 0 Å². The first-order valence-electron chi connectivity index (χ1n) is 6.83. The van der Waals surface area contributed by atoms with Gasteiger partial charge in [-0.05, 0) is 57.7 Å². The predicted molar refractivity (Wildman–Crippen MR) is 71.8 cm³/mol. The molecule has 0 bridgehead atoms. The smallest absolute Gasteiger partial charge is 0.00362 e. The van der Waals surface area contributed by atoms with Crippen LogP contribution in [-0.4, -0.2) is 37.6 Å². The van der Waals surface area contributed by atoms with E-state index in [0.717, 1.165) is 5.92 Å². The Morgan fingerprint density at radius 1 is 1.38 bits per heavy atom. The van der Waals surface area contributed by atoms with E-state index >= 15 is 0 Å². The summed E-state index contributed by atoms with van der Waals surface area (Å²) >= 11 is 0. The van der Waals surface area contributed by atoms with Gasteiger partial charge in [0.25, 0.3) is 0 Å². The molecule has 0 radical (unpaired) electrons. The van der Waals surface area contributed by atoms with Crippen molar-refractivity contribution < 1.29 is 0 Å². The highest BCUT2D eigenvalue weighted by Gasteiger charge is 2.31. The van der Waals surface area contributed by atoms with E-state index in [1.165, 1.54) is 38.9 Å². The Morgan fingerprint density at radius 2 is 2.06 bits per heavy atom. The molecule has 1 N–H and O–H groups in total.